The number of ether oxygens (including phenoxy) is 2. The van der Waals surface area contributed by atoms with Gasteiger partial charge in [0.2, 0.25) is 0 Å². The number of likely N-dealkylation sites (N-methyl/N-ethyl adjacent to an activating group) is 1. The second kappa shape index (κ2) is 17.1. The Balaban J connectivity index is 1.58. The molecule has 0 saturated carbocycles. The van der Waals surface area contributed by atoms with E-state index in [1.165, 1.54) is 29.8 Å². The highest BCUT2D eigenvalue weighted by Crippen LogP contribution is 2.29. The summed E-state index contributed by atoms with van der Waals surface area (Å²) in [6.45, 7) is 8.05. The van der Waals surface area contributed by atoms with Gasteiger partial charge >= 0.3 is 6.03 Å². The average molecular weight is 635 g/mol. The fourth-order valence-electron chi connectivity index (χ4n) is 5.56. The Morgan fingerprint density at radius 3 is 2.46 bits per heavy atom. The van der Waals surface area contributed by atoms with E-state index in [1.807, 2.05) is 32.0 Å². The quantitative estimate of drug-likeness (QED) is 0.265. The van der Waals surface area contributed by atoms with Gasteiger partial charge in [-0.1, -0.05) is 37.3 Å². The lowest BCUT2D eigenvalue weighted by molar-refractivity contribution is -0.0177. The zero-order chi connectivity index (χ0) is 33.1. The number of urea groups is 1. The minimum atomic E-state index is -0.539. The summed E-state index contributed by atoms with van der Waals surface area (Å²) in [5, 5.41) is 15.6. The molecule has 3 amide bonds. The number of anilines is 2. The summed E-state index contributed by atoms with van der Waals surface area (Å²) in [5.41, 5.74) is 2.31. The van der Waals surface area contributed by atoms with Gasteiger partial charge in [-0.2, -0.15) is 0 Å². The van der Waals surface area contributed by atoms with E-state index in [4.69, 9.17) is 9.47 Å². The molecule has 4 rings (SSSR count). The highest BCUT2D eigenvalue weighted by Gasteiger charge is 2.30. The number of halogens is 1. The third kappa shape index (κ3) is 10.3. The number of rotatable bonds is 8. The SMILES string of the molecule is C[C@@H]1CCCCO[C@H](CN(C)Cc2ccccc2)[C@@H](C)CN([C@@H](C)CO)C(=O)c2cc(NC(=O)Nc3ccc(F)cc3)ccc2O1. The minimum Gasteiger partial charge on any atom is -0.490 e. The molecule has 4 atom stereocenters. The van der Waals surface area contributed by atoms with Crippen molar-refractivity contribution in [1.82, 2.24) is 9.80 Å². The van der Waals surface area contributed by atoms with Crippen LogP contribution in [0.4, 0.5) is 20.6 Å². The third-order valence-electron chi connectivity index (χ3n) is 8.20. The molecule has 1 aliphatic heterocycles. The molecule has 0 saturated heterocycles. The summed E-state index contributed by atoms with van der Waals surface area (Å²) in [6, 6.07) is 19.7. The van der Waals surface area contributed by atoms with Crippen LogP contribution < -0.4 is 15.4 Å². The van der Waals surface area contributed by atoms with Crippen molar-refractivity contribution in [3.05, 3.63) is 89.7 Å². The van der Waals surface area contributed by atoms with Crippen LogP contribution in [-0.2, 0) is 11.3 Å². The molecule has 3 aromatic rings. The Labute approximate surface area is 271 Å². The van der Waals surface area contributed by atoms with E-state index < -0.39 is 17.9 Å². The van der Waals surface area contributed by atoms with Crippen molar-refractivity contribution >= 4 is 23.3 Å². The van der Waals surface area contributed by atoms with Crippen LogP contribution in [0.2, 0.25) is 0 Å². The zero-order valence-electron chi connectivity index (χ0n) is 27.2. The standard InChI is InChI=1S/C36H47FN4O5/c1-25-21-41(26(2)24-42)35(43)32-20-31(39-36(44)38-30-15-13-29(37)14-16-30)17-18-33(32)46-27(3)10-8-9-19-45-34(25)23-40(4)22-28-11-6-5-7-12-28/h5-7,11-18,20,25-27,34,42H,8-10,19,21-24H2,1-4H3,(H2,38,39,44)/t25-,26-,27+,34+/m0/s1. The molecule has 248 valence electrons. The lowest BCUT2D eigenvalue weighted by atomic mass is 10.0. The number of fused-ring (bicyclic) bond motifs is 1. The van der Waals surface area contributed by atoms with Crippen LogP contribution in [0.15, 0.2) is 72.8 Å². The van der Waals surface area contributed by atoms with Gasteiger partial charge in [0.25, 0.3) is 5.91 Å². The molecule has 3 N–H and O–H groups in total. The van der Waals surface area contributed by atoms with Crippen molar-refractivity contribution < 1.29 is 28.6 Å². The van der Waals surface area contributed by atoms with Crippen LogP contribution in [-0.4, -0.2) is 78.4 Å². The number of hydrogen-bond acceptors (Lipinski definition) is 6. The molecule has 0 fully saturated rings. The fourth-order valence-corrected chi connectivity index (χ4v) is 5.56. The molecule has 3 aromatic carbocycles. The molecule has 0 unspecified atom stereocenters. The molecule has 9 nitrogen and oxygen atoms in total. The van der Waals surface area contributed by atoms with E-state index in [1.54, 1.807) is 23.1 Å². The van der Waals surface area contributed by atoms with E-state index in [0.29, 0.717) is 36.8 Å². The highest BCUT2D eigenvalue weighted by molar-refractivity contribution is 6.02. The summed E-state index contributed by atoms with van der Waals surface area (Å²) in [4.78, 5) is 31.0. The number of aliphatic hydroxyl groups excluding tert-OH is 1. The van der Waals surface area contributed by atoms with E-state index in [9.17, 15) is 19.1 Å². The van der Waals surface area contributed by atoms with Crippen molar-refractivity contribution in [1.29, 1.82) is 0 Å². The Morgan fingerprint density at radius 2 is 1.74 bits per heavy atom. The molecule has 10 heteroatoms. The van der Waals surface area contributed by atoms with Crippen molar-refractivity contribution in [3.8, 4) is 5.75 Å². The second-order valence-electron chi connectivity index (χ2n) is 12.3. The number of nitrogens with zero attached hydrogens (tertiary/aromatic N) is 2. The molecule has 1 heterocycles. The van der Waals surface area contributed by atoms with Crippen LogP contribution in [0.1, 0.15) is 56.0 Å². The largest absolute Gasteiger partial charge is 0.490 e. The van der Waals surface area contributed by atoms with Gasteiger partial charge in [-0.15, -0.1) is 0 Å². The second-order valence-corrected chi connectivity index (χ2v) is 12.3. The van der Waals surface area contributed by atoms with Crippen molar-refractivity contribution in [2.24, 2.45) is 5.92 Å². The molecule has 46 heavy (non-hydrogen) atoms. The lowest BCUT2D eigenvalue weighted by Crippen LogP contribution is -2.47. The molecule has 0 aliphatic carbocycles. The van der Waals surface area contributed by atoms with Gasteiger partial charge in [-0.25, -0.2) is 9.18 Å². The van der Waals surface area contributed by atoms with Crippen LogP contribution in [0.5, 0.6) is 5.75 Å². The maximum Gasteiger partial charge on any atom is 0.323 e. The number of carbonyl (C=O) groups excluding carboxylic acids is 2. The van der Waals surface area contributed by atoms with E-state index in [2.05, 4.69) is 41.6 Å². The first-order valence-corrected chi connectivity index (χ1v) is 16.0. The van der Waals surface area contributed by atoms with E-state index in [-0.39, 0.29) is 36.2 Å². The van der Waals surface area contributed by atoms with Gasteiger partial charge in [0.15, 0.2) is 0 Å². The first kappa shape index (κ1) is 34.9. The maximum absolute atomic E-state index is 14.3. The molecule has 0 bridgehead atoms. The van der Waals surface area contributed by atoms with Gasteiger partial charge in [0, 0.05) is 43.5 Å². The molecule has 1 aliphatic rings. The highest BCUT2D eigenvalue weighted by atomic mass is 19.1. The van der Waals surface area contributed by atoms with Crippen LogP contribution >= 0.6 is 0 Å². The number of carbonyl (C=O) groups is 2. The maximum atomic E-state index is 14.3. The predicted molar refractivity (Wildman–Crippen MR) is 179 cm³/mol. The first-order valence-electron chi connectivity index (χ1n) is 16.0. The topological polar surface area (TPSA) is 103 Å². The smallest absolute Gasteiger partial charge is 0.323 e. The monoisotopic (exact) mass is 634 g/mol. The molecule has 0 aromatic heterocycles. The summed E-state index contributed by atoms with van der Waals surface area (Å²) < 4.78 is 26.0. The van der Waals surface area contributed by atoms with Gasteiger partial charge in [-0.3, -0.25) is 9.69 Å². The lowest BCUT2D eigenvalue weighted by Gasteiger charge is -2.36. The molecular formula is C36H47FN4O5. The number of hydrogen-bond donors (Lipinski definition) is 3. The van der Waals surface area contributed by atoms with Crippen molar-refractivity contribution in [2.45, 2.75) is 64.8 Å². The number of nitrogens with one attached hydrogen (secondary N) is 2. The summed E-state index contributed by atoms with van der Waals surface area (Å²) >= 11 is 0. The molecule has 0 radical (unpaired) electrons. The Hall–Kier alpha value is -3.99. The zero-order valence-corrected chi connectivity index (χ0v) is 27.2. The van der Waals surface area contributed by atoms with E-state index >= 15 is 0 Å². The fraction of sp³-hybridized carbons (Fsp3) is 0.444. The van der Waals surface area contributed by atoms with Gasteiger partial charge < -0.3 is 30.1 Å². The Kier molecular flexibility index (Phi) is 12.9. The number of benzene rings is 3. The minimum absolute atomic E-state index is 0.0507. The van der Waals surface area contributed by atoms with Gasteiger partial charge in [-0.05, 0) is 88.2 Å². The third-order valence-corrected chi connectivity index (χ3v) is 8.20. The number of aliphatic hydroxyl groups is 1. The van der Waals surface area contributed by atoms with Gasteiger partial charge in [0.05, 0.1) is 30.4 Å². The molecule has 0 spiro atoms. The van der Waals surface area contributed by atoms with Crippen molar-refractivity contribution in [3.63, 3.8) is 0 Å². The average Bonchev–Trinajstić information content (AvgIpc) is 3.04. The van der Waals surface area contributed by atoms with Gasteiger partial charge in [0.1, 0.15) is 11.6 Å². The summed E-state index contributed by atoms with van der Waals surface area (Å²) in [6.07, 6.45) is 2.26. The predicted octanol–water partition coefficient (Wildman–Crippen LogP) is 6.40. The van der Waals surface area contributed by atoms with E-state index in [0.717, 1.165) is 25.8 Å². The molecular weight excluding hydrogens is 587 g/mol. The summed E-state index contributed by atoms with van der Waals surface area (Å²) in [5.74, 6) is -0.355. The Bertz CT molecular complexity index is 1410. The van der Waals surface area contributed by atoms with Crippen LogP contribution in [0, 0.1) is 11.7 Å². The van der Waals surface area contributed by atoms with Crippen molar-refractivity contribution in [2.75, 3.05) is 44.0 Å². The first-order chi connectivity index (χ1) is 22.1. The number of amides is 3. The summed E-state index contributed by atoms with van der Waals surface area (Å²) in [7, 11) is 2.07. The van der Waals surface area contributed by atoms with Crippen LogP contribution in [0.25, 0.3) is 0 Å². The normalized spacial score (nSPS) is 20.3. The van der Waals surface area contributed by atoms with Crippen LogP contribution in [0.3, 0.4) is 0 Å². The Morgan fingerprint density at radius 1 is 1.04 bits per heavy atom.